The van der Waals surface area contributed by atoms with Gasteiger partial charge in [-0.05, 0) is 61.2 Å². The van der Waals surface area contributed by atoms with Crippen LogP contribution in [0.4, 0.5) is 5.69 Å². The second-order valence-corrected chi connectivity index (χ2v) is 7.80. The van der Waals surface area contributed by atoms with Crippen molar-refractivity contribution in [2.24, 2.45) is 0 Å². The highest BCUT2D eigenvalue weighted by atomic mass is 35.5. The van der Waals surface area contributed by atoms with E-state index in [1.807, 2.05) is 18.2 Å². The summed E-state index contributed by atoms with van der Waals surface area (Å²) in [6.07, 6.45) is 18.0. The number of allylic oxidation sites excluding steroid dienone is 5. The van der Waals surface area contributed by atoms with Crippen LogP contribution in [0.1, 0.15) is 24.8 Å². The van der Waals surface area contributed by atoms with Crippen LogP contribution in [0, 0.1) is 12.3 Å². The van der Waals surface area contributed by atoms with Gasteiger partial charge in [-0.25, -0.2) is 4.79 Å². The van der Waals surface area contributed by atoms with Gasteiger partial charge >= 0.3 is 5.97 Å². The number of hydrogen-bond acceptors (Lipinski definition) is 4. The number of benzene rings is 1. The van der Waals surface area contributed by atoms with Gasteiger partial charge in [0, 0.05) is 42.0 Å². The summed E-state index contributed by atoms with van der Waals surface area (Å²) in [6, 6.07) is 6.07. The largest absolute Gasteiger partial charge is 0.485 e. The number of carboxylic acid groups (broad SMARTS) is 1. The lowest BCUT2D eigenvalue weighted by molar-refractivity contribution is -0.131. The lowest BCUT2D eigenvalue weighted by Crippen LogP contribution is -2.27. The van der Waals surface area contributed by atoms with E-state index in [-0.39, 0.29) is 6.61 Å². The number of aliphatic carboxylic acids is 1. The molecule has 1 aliphatic heterocycles. The van der Waals surface area contributed by atoms with Crippen LogP contribution >= 0.6 is 11.6 Å². The second kappa shape index (κ2) is 11.5. The van der Waals surface area contributed by atoms with Crippen LogP contribution in [0.5, 0.6) is 0 Å². The second-order valence-electron chi connectivity index (χ2n) is 7.36. The maximum atomic E-state index is 10.5. The Morgan fingerprint density at radius 2 is 2.23 bits per heavy atom. The average Bonchev–Trinajstić information content (AvgIpc) is 2.90. The standard InChI is InChI=1S/C25H27ClN2O3/c1-2-16-31-22-11-12-23-20(17-22)8-7-19-9-10-21(26)18-24(19)28(23)15-4-3-13-27-14-5-6-25(29)30/h1,5-6,8-12,18,27H,3-4,7,13-17H2,(H,29,30). The summed E-state index contributed by atoms with van der Waals surface area (Å²) >= 11 is 6.33. The summed E-state index contributed by atoms with van der Waals surface area (Å²) in [4.78, 5) is 12.8. The SMILES string of the molecule is C#CCOC1=CC=C2C(=CCc3ccc(Cl)cc3N2CCCCNCC=CC(=O)O)C1. The maximum absolute atomic E-state index is 10.5. The highest BCUT2D eigenvalue weighted by molar-refractivity contribution is 6.30. The number of carboxylic acids is 1. The molecular weight excluding hydrogens is 412 g/mol. The lowest BCUT2D eigenvalue weighted by Gasteiger charge is -2.31. The molecule has 2 aliphatic rings. The number of terminal acetylenes is 1. The van der Waals surface area contributed by atoms with Gasteiger partial charge in [0.25, 0.3) is 0 Å². The molecule has 0 spiro atoms. The van der Waals surface area contributed by atoms with Crippen molar-refractivity contribution in [3.05, 3.63) is 76.2 Å². The number of nitrogens with one attached hydrogen (secondary N) is 1. The fourth-order valence-corrected chi connectivity index (χ4v) is 3.89. The van der Waals surface area contributed by atoms with Gasteiger partial charge in [0.2, 0.25) is 0 Å². The molecule has 5 nitrogen and oxygen atoms in total. The topological polar surface area (TPSA) is 61.8 Å². The Balaban J connectivity index is 1.69. The molecule has 3 rings (SSSR count). The summed E-state index contributed by atoms with van der Waals surface area (Å²) in [7, 11) is 0. The molecule has 0 fully saturated rings. The van der Waals surface area contributed by atoms with E-state index >= 15 is 0 Å². The summed E-state index contributed by atoms with van der Waals surface area (Å²) in [5.41, 5.74) is 4.80. The van der Waals surface area contributed by atoms with Gasteiger partial charge in [0.15, 0.2) is 0 Å². The van der Waals surface area contributed by atoms with Crippen LogP contribution in [0.2, 0.25) is 5.02 Å². The van der Waals surface area contributed by atoms with Crippen LogP contribution in [0.3, 0.4) is 0 Å². The molecule has 0 radical (unpaired) electrons. The van der Waals surface area contributed by atoms with Crippen LogP contribution in [0.25, 0.3) is 0 Å². The van der Waals surface area contributed by atoms with Crippen LogP contribution in [-0.4, -0.2) is 37.3 Å². The molecule has 0 aromatic heterocycles. The zero-order chi connectivity index (χ0) is 22.1. The van der Waals surface area contributed by atoms with Crippen molar-refractivity contribution in [3.63, 3.8) is 0 Å². The molecule has 1 aliphatic carbocycles. The number of unbranched alkanes of at least 4 members (excludes halogenated alkanes) is 1. The van der Waals surface area contributed by atoms with Crippen molar-refractivity contribution in [1.82, 2.24) is 5.32 Å². The molecule has 6 heteroatoms. The molecule has 0 saturated heterocycles. The van der Waals surface area contributed by atoms with Crippen molar-refractivity contribution >= 4 is 23.3 Å². The zero-order valence-corrected chi connectivity index (χ0v) is 18.2. The average molecular weight is 439 g/mol. The molecule has 1 aromatic carbocycles. The van der Waals surface area contributed by atoms with E-state index in [9.17, 15) is 4.79 Å². The number of anilines is 1. The minimum Gasteiger partial charge on any atom is -0.485 e. The van der Waals surface area contributed by atoms with E-state index in [2.05, 4.69) is 34.4 Å². The minimum atomic E-state index is -0.924. The van der Waals surface area contributed by atoms with E-state index in [1.54, 1.807) is 6.08 Å². The lowest BCUT2D eigenvalue weighted by atomic mass is 10.0. The predicted molar refractivity (Wildman–Crippen MR) is 125 cm³/mol. The summed E-state index contributed by atoms with van der Waals surface area (Å²) in [5, 5.41) is 12.6. The van der Waals surface area contributed by atoms with Crippen molar-refractivity contribution in [2.75, 3.05) is 31.1 Å². The number of hydrogen-bond donors (Lipinski definition) is 2. The summed E-state index contributed by atoms with van der Waals surface area (Å²) in [5.74, 6) is 2.48. The highest BCUT2D eigenvalue weighted by Gasteiger charge is 2.24. The molecule has 31 heavy (non-hydrogen) atoms. The van der Waals surface area contributed by atoms with Crippen LogP contribution in [-0.2, 0) is 16.0 Å². The Bertz CT molecular complexity index is 969. The van der Waals surface area contributed by atoms with E-state index < -0.39 is 5.97 Å². The monoisotopic (exact) mass is 438 g/mol. The van der Waals surface area contributed by atoms with E-state index in [1.165, 1.54) is 16.8 Å². The predicted octanol–water partition coefficient (Wildman–Crippen LogP) is 4.46. The van der Waals surface area contributed by atoms with Crippen LogP contribution < -0.4 is 10.2 Å². The van der Waals surface area contributed by atoms with Crippen molar-refractivity contribution in [1.29, 1.82) is 0 Å². The van der Waals surface area contributed by atoms with E-state index in [4.69, 9.17) is 27.9 Å². The molecule has 0 amide bonds. The van der Waals surface area contributed by atoms with Gasteiger partial charge in [-0.15, -0.1) is 6.42 Å². The van der Waals surface area contributed by atoms with Crippen molar-refractivity contribution in [2.45, 2.75) is 25.7 Å². The Morgan fingerprint density at radius 1 is 1.35 bits per heavy atom. The third kappa shape index (κ3) is 6.52. The zero-order valence-electron chi connectivity index (χ0n) is 17.4. The van der Waals surface area contributed by atoms with Crippen LogP contribution in [0.15, 0.2) is 65.6 Å². The fraction of sp³-hybridized carbons (Fsp3) is 0.320. The normalized spacial score (nSPS) is 15.2. The Labute approximate surface area is 188 Å². The number of halogens is 1. The molecule has 0 unspecified atom stereocenters. The van der Waals surface area contributed by atoms with Gasteiger partial charge < -0.3 is 20.1 Å². The van der Waals surface area contributed by atoms with E-state index in [0.29, 0.717) is 6.54 Å². The first kappa shape index (κ1) is 22.7. The molecule has 1 heterocycles. The van der Waals surface area contributed by atoms with Gasteiger partial charge in [-0.3, -0.25) is 0 Å². The fourth-order valence-electron chi connectivity index (χ4n) is 3.72. The summed E-state index contributed by atoms with van der Waals surface area (Å²) < 4.78 is 5.66. The molecule has 1 aromatic rings. The third-order valence-corrected chi connectivity index (χ3v) is 5.40. The smallest absolute Gasteiger partial charge is 0.328 e. The number of nitrogens with zero attached hydrogens (tertiary/aromatic N) is 1. The maximum Gasteiger partial charge on any atom is 0.328 e. The van der Waals surface area contributed by atoms with Crippen molar-refractivity contribution < 1.29 is 14.6 Å². The van der Waals surface area contributed by atoms with Gasteiger partial charge in [-0.2, -0.15) is 0 Å². The van der Waals surface area contributed by atoms with Crippen molar-refractivity contribution in [3.8, 4) is 12.3 Å². The first-order chi connectivity index (χ1) is 15.1. The van der Waals surface area contributed by atoms with Gasteiger partial charge in [0.05, 0.1) is 0 Å². The van der Waals surface area contributed by atoms with Gasteiger partial charge in [0.1, 0.15) is 12.4 Å². The molecule has 0 bridgehead atoms. The highest BCUT2D eigenvalue weighted by Crippen LogP contribution is 2.38. The van der Waals surface area contributed by atoms with E-state index in [0.717, 1.165) is 61.3 Å². The minimum absolute atomic E-state index is 0.274. The molecular formula is C25H27ClN2O3. The Kier molecular flexibility index (Phi) is 8.40. The molecule has 162 valence electrons. The number of carbonyl (C=O) groups is 1. The first-order valence-electron chi connectivity index (χ1n) is 10.4. The molecule has 2 N–H and O–H groups in total. The number of ether oxygens (including phenoxy) is 1. The summed E-state index contributed by atoms with van der Waals surface area (Å²) in [6.45, 7) is 2.51. The molecule has 0 atom stereocenters. The molecule has 0 saturated carbocycles. The number of rotatable bonds is 10. The first-order valence-corrected chi connectivity index (χ1v) is 10.8. The quantitative estimate of drug-likeness (QED) is 0.321. The Hall–Kier alpha value is -2.94. The van der Waals surface area contributed by atoms with Gasteiger partial charge in [-0.1, -0.05) is 35.7 Å². The third-order valence-electron chi connectivity index (χ3n) is 5.17. The number of fused-ring (bicyclic) bond motifs is 2. The Morgan fingerprint density at radius 3 is 3.03 bits per heavy atom.